The lowest BCUT2D eigenvalue weighted by atomic mass is 9.78. The van der Waals surface area contributed by atoms with E-state index in [2.05, 4.69) is 4.90 Å². The van der Waals surface area contributed by atoms with Gasteiger partial charge < -0.3 is 14.8 Å². The fourth-order valence-electron chi connectivity index (χ4n) is 4.70. The number of phenols is 1. The van der Waals surface area contributed by atoms with Gasteiger partial charge in [0.2, 0.25) is 0 Å². The molecule has 1 unspecified atom stereocenters. The minimum atomic E-state index is 0.106. The van der Waals surface area contributed by atoms with Gasteiger partial charge in [-0.1, -0.05) is 17.7 Å². The molecule has 6 rings (SSSR count). The van der Waals surface area contributed by atoms with Gasteiger partial charge in [0.05, 0.1) is 16.9 Å². The first kappa shape index (κ1) is 17.4. The molecular formula is C21H26ClN3O2. The van der Waals surface area contributed by atoms with Gasteiger partial charge in [0.15, 0.2) is 0 Å². The number of benzene rings is 1. The van der Waals surface area contributed by atoms with Crippen molar-refractivity contribution >= 4 is 11.6 Å². The third-order valence-corrected chi connectivity index (χ3v) is 6.75. The lowest BCUT2D eigenvalue weighted by Crippen LogP contribution is -2.47. The Labute approximate surface area is 164 Å². The number of hydrogen-bond donors (Lipinski definition) is 1. The number of fused-ring (bicyclic) bond motifs is 3. The summed E-state index contributed by atoms with van der Waals surface area (Å²) in [5, 5.41) is 14.8. The molecule has 0 amide bonds. The van der Waals surface area contributed by atoms with E-state index in [1.807, 2.05) is 12.3 Å². The highest BCUT2D eigenvalue weighted by molar-refractivity contribution is 6.32. The summed E-state index contributed by atoms with van der Waals surface area (Å²) in [4.78, 5) is 10.2. The van der Waals surface area contributed by atoms with Crippen molar-refractivity contribution in [2.24, 2.45) is 11.8 Å². The topological polar surface area (TPSA) is 50.5 Å². The van der Waals surface area contributed by atoms with Gasteiger partial charge in [-0.3, -0.25) is 0 Å². The van der Waals surface area contributed by atoms with E-state index in [4.69, 9.17) is 21.5 Å². The number of phenolic OH excluding ortho intramolecular Hbond substituents is 1. The van der Waals surface area contributed by atoms with E-state index < -0.39 is 0 Å². The maximum atomic E-state index is 9.69. The van der Waals surface area contributed by atoms with Crippen molar-refractivity contribution < 1.29 is 9.94 Å². The van der Waals surface area contributed by atoms with Gasteiger partial charge in [-0.25, -0.2) is 0 Å². The van der Waals surface area contributed by atoms with Crippen LogP contribution in [0.5, 0.6) is 5.75 Å². The first-order chi connectivity index (χ1) is 13.2. The average Bonchev–Trinajstić information content (AvgIpc) is 3.45. The largest absolute Gasteiger partial charge is 0.506 e. The molecule has 1 aromatic heterocycles. The molecule has 1 N–H and O–H groups in total. The van der Waals surface area contributed by atoms with Gasteiger partial charge >= 0.3 is 0 Å². The SMILES string of the molecule is Oc1ccc(-c2cn(OCCC3CN4CCC3CC4)nc2C2CC2)cc1Cl. The highest BCUT2D eigenvalue weighted by Gasteiger charge is 2.34. The van der Waals surface area contributed by atoms with Crippen LogP contribution in [0.25, 0.3) is 11.1 Å². The first-order valence-electron chi connectivity index (χ1n) is 10.1. The third-order valence-electron chi connectivity index (χ3n) is 6.45. The zero-order chi connectivity index (χ0) is 18.4. The van der Waals surface area contributed by atoms with Crippen LogP contribution in [-0.4, -0.2) is 46.2 Å². The zero-order valence-electron chi connectivity index (χ0n) is 15.5. The molecule has 1 saturated carbocycles. The standard InChI is InChI=1S/C21H26ClN3O2/c22-19-11-16(3-4-20(19)26)18-13-25(23-21(18)15-1-2-15)27-10-7-17-12-24-8-5-14(17)6-9-24/h3-4,11,13-15,17,26H,1-2,5-10,12H2. The van der Waals surface area contributed by atoms with Crippen LogP contribution < -0.4 is 4.84 Å². The molecule has 4 fully saturated rings. The lowest BCUT2D eigenvalue weighted by molar-refractivity contribution is 0.0153. The van der Waals surface area contributed by atoms with Gasteiger partial charge in [0.1, 0.15) is 12.4 Å². The molecule has 1 atom stereocenters. The smallest absolute Gasteiger partial charge is 0.134 e. The normalized spacial score (nSPS) is 27.1. The van der Waals surface area contributed by atoms with Crippen LogP contribution in [0.3, 0.4) is 0 Å². The van der Waals surface area contributed by atoms with Crippen molar-refractivity contribution in [2.45, 2.75) is 38.0 Å². The van der Waals surface area contributed by atoms with Crippen LogP contribution in [0.15, 0.2) is 24.4 Å². The number of aromatic hydroxyl groups is 1. The Morgan fingerprint density at radius 3 is 2.67 bits per heavy atom. The molecule has 5 nitrogen and oxygen atoms in total. The predicted molar refractivity (Wildman–Crippen MR) is 105 cm³/mol. The number of rotatable bonds is 6. The van der Waals surface area contributed by atoms with Gasteiger partial charge in [0.25, 0.3) is 0 Å². The van der Waals surface area contributed by atoms with Crippen molar-refractivity contribution in [2.75, 3.05) is 26.2 Å². The molecule has 4 aliphatic rings. The van der Waals surface area contributed by atoms with Crippen LogP contribution >= 0.6 is 11.6 Å². The first-order valence-corrected chi connectivity index (χ1v) is 10.5. The lowest BCUT2D eigenvalue weighted by Gasteiger charge is -2.44. The van der Waals surface area contributed by atoms with Crippen molar-refractivity contribution in [3.63, 3.8) is 0 Å². The Kier molecular flexibility index (Phi) is 4.52. The van der Waals surface area contributed by atoms with Gasteiger partial charge in [-0.05, 0) is 74.7 Å². The highest BCUT2D eigenvalue weighted by Crippen LogP contribution is 2.44. The van der Waals surface area contributed by atoms with Gasteiger partial charge in [-0.15, -0.1) is 9.94 Å². The number of piperidine rings is 3. The molecule has 144 valence electrons. The maximum absolute atomic E-state index is 9.69. The average molecular weight is 388 g/mol. The number of halogens is 1. The maximum Gasteiger partial charge on any atom is 0.134 e. The molecule has 0 radical (unpaired) electrons. The molecular weight excluding hydrogens is 362 g/mol. The molecule has 2 bridgehead atoms. The van der Waals surface area contributed by atoms with Crippen molar-refractivity contribution in [3.8, 4) is 16.9 Å². The summed E-state index contributed by atoms with van der Waals surface area (Å²) in [5.41, 5.74) is 3.12. The van der Waals surface area contributed by atoms with E-state index in [9.17, 15) is 5.11 Å². The fourth-order valence-corrected chi connectivity index (χ4v) is 4.88. The number of nitrogens with zero attached hydrogens (tertiary/aromatic N) is 3. The molecule has 1 aliphatic carbocycles. The molecule has 6 heteroatoms. The quantitative estimate of drug-likeness (QED) is 0.815. The molecule has 27 heavy (non-hydrogen) atoms. The van der Waals surface area contributed by atoms with E-state index in [0.717, 1.165) is 35.1 Å². The van der Waals surface area contributed by atoms with E-state index in [-0.39, 0.29) is 5.75 Å². The van der Waals surface area contributed by atoms with Crippen molar-refractivity contribution in [3.05, 3.63) is 35.1 Å². The fraction of sp³-hybridized carbons (Fsp3) is 0.571. The molecule has 4 heterocycles. The molecule has 2 aromatic rings. The number of aromatic nitrogens is 2. The Morgan fingerprint density at radius 2 is 2.00 bits per heavy atom. The van der Waals surface area contributed by atoms with Crippen molar-refractivity contribution in [1.29, 1.82) is 0 Å². The predicted octanol–water partition coefficient (Wildman–Crippen LogP) is 3.95. The minimum Gasteiger partial charge on any atom is -0.506 e. The summed E-state index contributed by atoms with van der Waals surface area (Å²) >= 11 is 6.11. The molecule has 3 saturated heterocycles. The summed E-state index contributed by atoms with van der Waals surface area (Å²) < 4.78 is 0. The summed E-state index contributed by atoms with van der Waals surface area (Å²) in [6.45, 7) is 4.50. The van der Waals surface area contributed by atoms with Crippen molar-refractivity contribution in [1.82, 2.24) is 14.8 Å². The number of hydrogen-bond acceptors (Lipinski definition) is 4. The monoisotopic (exact) mass is 387 g/mol. The van der Waals surface area contributed by atoms with Crippen LogP contribution in [0.2, 0.25) is 5.02 Å². The van der Waals surface area contributed by atoms with Gasteiger partial charge in [-0.2, -0.15) is 0 Å². The second-order valence-electron chi connectivity index (χ2n) is 8.29. The summed E-state index contributed by atoms with van der Waals surface area (Å²) in [7, 11) is 0. The second kappa shape index (κ2) is 7.02. The molecule has 0 spiro atoms. The summed E-state index contributed by atoms with van der Waals surface area (Å²) in [5.74, 6) is 2.27. The van der Waals surface area contributed by atoms with Crippen LogP contribution in [-0.2, 0) is 0 Å². The van der Waals surface area contributed by atoms with E-state index in [1.54, 1.807) is 17.0 Å². The van der Waals surface area contributed by atoms with Gasteiger partial charge in [0, 0.05) is 18.0 Å². The van der Waals surface area contributed by atoms with Crippen LogP contribution in [0.4, 0.5) is 0 Å². The zero-order valence-corrected chi connectivity index (χ0v) is 16.2. The Bertz CT molecular complexity index is 825. The van der Waals surface area contributed by atoms with E-state index in [1.165, 1.54) is 45.3 Å². The molecule has 1 aromatic carbocycles. The Hall–Kier alpha value is -1.72. The highest BCUT2D eigenvalue weighted by atomic mass is 35.5. The molecule has 3 aliphatic heterocycles. The Morgan fingerprint density at radius 1 is 1.19 bits per heavy atom. The minimum absolute atomic E-state index is 0.106. The van der Waals surface area contributed by atoms with Crippen LogP contribution in [0, 0.1) is 11.8 Å². The Balaban J connectivity index is 1.28. The summed E-state index contributed by atoms with van der Waals surface area (Å²) in [6, 6.07) is 5.33. The third kappa shape index (κ3) is 3.55. The van der Waals surface area contributed by atoms with E-state index in [0.29, 0.717) is 17.5 Å². The summed E-state index contributed by atoms with van der Waals surface area (Å²) in [6.07, 6.45) is 8.12. The van der Waals surface area contributed by atoms with E-state index >= 15 is 0 Å². The second-order valence-corrected chi connectivity index (χ2v) is 8.70. The van der Waals surface area contributed by atoms with Crippen LogP contribution in [0.1, 0.15) is 43.7 Å².